The van der Waals surface area contributed by atoms with Gasteiger partial charge in [-0.25, -0.2) is 4.98 Å². The van der Waals surface area contributed by atoms with Crippen LogP contribution in [0.2, 0.25) is 54.4 Å². The maximum atomic E-state index is 12.9. The van der Waals surface area contributed by atoms with Gasteiger partial charge in [-0.05, 0) is 98.4 Å². The molecule has 7 nitrogen and oxygen atoms in total. The third-order valence-corrected chi connectivity index (χ3v) is 23.9. The van der Waals surface area contributed by atoms with Crippen molar-refractivity contribution in [2.75, 3.05) is 6.61 Å². The molecule has 1 aliphatic rings. The average Bonchev–Trinajstić information content (AvgIpc) is 3.01. The Morgan fingerprint density at radius 1 is 0.833 bits per heavy atom. The zero-order chi connectivity index (χ0) is 32.9. The van der Waals surface area contributed by atoms with Gasteiger partial charge in [-0.15, -0.1) is 0 Å². The number of aromatic nitrogens is 1. The van der Waals surface area contributed by atoms with Crippen LogP contribution in [0, 0.1) is 0 Å². The standard InChI is InChI=1S/C30H55Br2NO6Si3/c1-20(34)36-30(21-17-23(31)33-24(32)18-21)26(39-42(15,16)29(8,9)10)25(38-41(13,14)28(5,6)7)22(37-30)19-35-40(11,12)27(2,3)4/h17-18,22,25-26H,19H2,1-16H3/t22-,25-,26-,30+/m1/s1. The summed E-state index contributed by atoms with van der Waals surface area (Å²) >= 11 is 7.07. The lowest BCUT2D eigenvalue weighted by Crippen LogP contribution is -2.57. The van der Waals surface area contributed by atoms with Gasteiger partial charge in [0.25, 0.3) is 5.79 Å². The van der Waals surface area contributed by atoms with Gasteiger partial charge in [-0.2, -0.15) is 0 Å². The molecule has 2 heterocycles. The Balaban J connectivity index is 2.89. The average molecular weight is 770 g/mol. The van der Waals surface area contributed by atoms with Crippen molar-refractivity contribution >= 4 is 62.8 Å². The molecule has 0 spiro atoms. The van der Waals surface area contributed by atoms with Gasteiger partial charge in [0.2, 0.25) is 0 Å². The number of halogens is 2. The number of carbonyl (C=O) groups excluding carboxylic acids is 1. The first-order valence-electron chi connectivity index (χ1n) is 14.8. The summed E-state index contributed by atoms with van der Waals surface area (Å²) in [4.78, 5) is 17.4. The van der Waals surface area contributed by atoms with Gasteiger partial charge < -0.3 is 22.8 Å². The predicted molar refractivity (Wildman–Crippen MR) is 185 cm³/mol. The summed E-state index contributed by atoms with van der Waals surface area (Å²) in [6.45, 7) is 34.9. The quantitative estimate of drug-likeness (QED) is 0.141. The van der Waals surface area contributed by atoms with Crippen molar-refractivity contribution < 1.29 is 27.5 Å². The molecule has 42 heavy (non-hydrogen) atoms. The van der Waals surface area contributed by atoms with E-state index in [-0.39, 0.29) is 15.1 Å². The van der Waals surface area contributed by atoms with Gasteiger partial charge in [-0.3, -0.25) is 4.79 Å². The molecule has 1 saturated heterocycles. The molecule has 0 saturated carbocycles. The monoisotopic (exact) mass is 767 g/mol. The van der Waals surface area contributed by atoms with E-state index in [0.29, 0.717) is 21.4 Å². The van der Waals surface area contributed by atoms with Crippen LogP contribution in [-0.2, 0) is 33.3 Å². The van der Waals surface area contributed by atoms with Gasteiger partial charge in [-0.1, -0.05) is 62.3 Å². The maximum Gasteiger partial charge on any atom is 0.305 e. The lowest BCUT2D eigenvalue weighted by Gasteiger charge is -2.46. The predicted octanol–water partition coefficient (Wildman–Crippen LogP) is 9.52. The summed E-state index contributed by atoms with van der Waals surface area (Å²) in [5.74, 6) is -2.05. The summed E-state index contributed by atoms with van der Waals surface area (Å²) in [7, 11) is -6.99. The minimum Gasteiger partial charge on any atom is -0.426 e. The van der Waals surface area contributed by atoms with Crippen molar-refractivity contribution in [1.29, 1.82) is 0 Å². The minimum absolute atomic E-state index is 0.00618. The molecule has 0 N–H and O–H groups in total. The largest absolute Gasteiger partial charge is 0.426 e. The molecular formula is C30H55Br2NO6Si3. The summed E-state index contributed by atoms with van der Waals surface area (Å²) in [6.07, 6.45) is -1.84. The van der Waals surface area contributed by atoms with Crippen molar-refractivity contribution in [2.24, 2.45) is 0 Å². The highest BCUT2D eigenvalue weighted by Gasteiger charge is 2.64. The van der Waals surface area contributed by atoms with E-state index >= 15 is 0 Å². The zero-order valence-electron chi connectivity index (χ0n) is 28.7. The Bertz CT molecular complexity index is 1110. The Kier molecular flexibility index (Phi) is 11.6. The molecule has 12 heteroatoms. The fourth-order valence-electron chi connectivity index (χ4n) is 3.95. The van der Waals surface area contributed by atoms with Crippen molar-refractivity contribution in [2.45, 2.75) is 148 Å². The highest BCUT2D eigenvalue weighted by atomic mass is 79.9. The van der Waals surface area contributed by atoms with Crippen LogP contribution in [0.4, 0.5) is 0 Å². The first-order valence-corrected chi connectivity index (χ1v) is 25.1. The number of rotatable bonds is 9. The van der Waals surface area contributed by atoms with Crippen LogP contribution in [0.5, 0.6) is 0 Å². The molecule has 0 unspecified atom stereocenters. The van der Waals surface area contributed by atoms with Crippen LogP contribution < -0.4 is 0 Å². The number of pyridine rings is 1. The van der Waals surface area contributed by atoms with E-state index in [1.165, 1.54) is 6.92 Å². The van der Waals surface area contributed by atoms with Crippen LogP contribution in [-0.4, -0.2) is 60.8 Å². The number of hydrogen-bond acceptors (Lipinski definition) is 7. The fraction of sp³-hybridized carbons (Fsp3) is 0.800. The first kappa shape index (κ1) is 38.3. The van der Waals surface area contributed by atoms with Gasteiger partial charge >= 0.3 is 5.97 Å². The lowest BCUT2D eigenvalue weighted by molar-refractivity contribution is -0.255. The molecule has 0 radical (unpaired) electrons. The summed E-state index contributed by atoms with van der Waals surface area (Å²) in [5, 5.41) is -0.188. The van der Waals surface area contributed by atoms with E-state index in [0.717, 1.165) is 0 Å². The van der Waals surface area contributed by atoms with Crippen LogP contribution in [0.15, 0.2) is 21.3 Å². The van der Waals surface area contributed by atoms with Crippen molar-refractivity contribution in [3.8, 4) is 0 Å². The molecule has 1 aliphatic heterocycles. The molecule has 0 aromatic carbocycles. The number of esters is 1. The molecule has 242 valence electrons. The van der Waals surface area contributed by atoms with E-state index in [4.69, 9.17) is 22.8 Å². The van der Waals surface area contributed by atoms with E-state index in [1.807, 2.05) is 12.1 Å². The summed E-state index contributed by atoms with van der Waals surface area (Å²) in [6, 6.07) is 3.66. The second-order valence-corrected chi connectivity index (χ2v) is 32.1. The SMILES string of the molecule is CC(=O)O[C@@]1(c2cc(Br)nc(Br)c2)O[C@H](CO[Si](C)(C)C(C)(C)C)[C@@H](O[Si](C)(C)C(C)(C)C)[C@H]1O[Si](C)(C)C(C)(C)C. The van der Waals surface area contributed by atoms with Gasteiger partial charge in [0, 0.05) is 12.5 Å². The third kappa shape index (κ3) is 8.45. The first-order chi connectivity index (χ1) is 18.6. The summed E-state index contributed by atoms with van der Waals surface area (Å²) < 4.78 is 35.7. The minimum atomic E-state index is -2.46. The van der Waals surface area contributed by atoms with E-state index in [9.17, 15) is 4.79 Å². The van der Waals surface area contributed by atoms with Crippen LogP contribution >= 0.6 is 31.9 Å². The molecule has 0 aliphatic carbocycles. The molecule has 0 bridgehead atoms. The molecular weight excluding hydrogens is 714 g/mol. The normalized spacial score (nSPS) is 24.7. The number of nitrogens with zero attached hydrogens (tertiary/aromatic N) is 1. The van der Waals surface area contributed by atoms with Crippen molar-refractivity contribution in [3.05, 3.63) is 26.9 Å². The topological polar surface area (TPSA) is 76.1 Å². The number of ether oxygens (including phenoxy) is 2. The molecule has 1 fully saturated rings. The lowest BCUT2D eigenvalue weighted by atomic mass is 9.98. The van der Waals surface area contributed by atoms with Crippen LogP contribution in [0.25, 0.3) is 0 Å². The van der Waals surface area contributed by atoms with E-state index in [2.05, 4.69) is 138 Å². The zero-order valence-corrected chi connectivity index (χ0v) is 34.9. The number of hydrogen-bond donors (Lipinski definition) is 0. The molecule has 0 amide bonds. The second kappa shape index (κ2) is 12.7. The van der Waals surface area contributed by atoms with Gasteiger partial charge in [0.05, 0.1) is 6.61 Å². The Hall–Kier alpha value is 0.0706. The van der Waals surface area contributed by atoms with Crippen molar-refractivity contribution in [1.82, 2.24) is 4.98 Å². The highest BCUT2D eigenvalue weighted by molar-refractivity contribution is 9.11. The molecule has 1 aromatic heterocycles. The number of carbonyl (C=O) groups is 1. The van der Waals surface area contributed by atoms with Crippen LogP contribution in [0.3, 0.4) is 0 Å². The van der Waals surface area contributed by atoms with E-state index in [1.54, 1.807) is 0 Å². The smallest absolute Gasteiger partial charge is 0.305 e. The molecule has 4 atom stereocenters. The van der Waals surface area contributed by atoms with Crippen molar-refractivity contribution in [3.63, 3.8) is 0 Å². The fourth-order valence-corrected chi connectivity index (χ4v) is 8.67. The molecule has 1 aromatic rings. The Labute approximate surface area is 275 Å². The van der Waals surface area contributed by atoms with Gasteiger partial charge in [0.1, 0.15) is 27.5 Å². The second-order valence-electron chi connectivity index (χ2n) is 16.1. The Morgan fingerprint density at radius 3 is 1.67 bits per heavy atom. The summed E-state index contributed by atoms with van der Waals surface area (Å²) in [5.41, 5.74) is 0.619. The third-order valence-electron chi connectivity index (χ3n) is 9.71. The highest BCUT2D eigenvalue weighted by Crippen LogP contribution is 2.51. The maximum absolute atomic E-state index is 12.9. The van der Waals surface area contributed by atoms with Crippen LogP contribution in [0.1, 0.15) is 74.8 Å². The Morgan fingerprint density at radius 2 is 1.26 bits per heavy atom. The molecule has 2 rings (SSSR count). The van der Waals surface area contributed by atoms with Gasteiger partial charge in [0.15, 0.2) is 25.0 Å². The van der Waals surface area contributed by atoms with E-state index < -0.39 is 55.0 Å².